The van der Waals surface area contributed by atoms with Crippen LogP contribution in [-0.2, 0) is 6.54 Å². The SMILES string of the molecule is CN(Cc1cccs1)C(=O)c1cc2ccccc2oc1=O. The van der Waals surface area contributed by atoms with Crippen molar-refractivity contribution in [1.29, 1.82) is 0 Å². The Morgan fingerprint density at radius 3 is 2.81 bits per heavy atom. The van der Waals surface area contributed by atoms with Gasteiger partial charge in [0, 0.05) is 17.3 Å². The zero-order chi connectivity index (χ0) is 14.8. The molecule has 1 aromatic carbocycles. The summed E-state index contributed by atoms with van der Waals surface area (Å²) in [6.45, 7) is 0.475. The number of amides is 1. The second-order valence-electron chi connectivity index (χ2n) is 4.73. The van der Waals surface area contributed by atoms with E-state index in [9.17, 15) is 9.59 Å². The van der Waals surface area contributed by atoms with Crippen LogP contribution in [0.5, 0.6) is 0 Å². The molecule has 0 saturated carbocycles. The molecule has 5 heteroatoms. The van der Waals surface area contributed by atoms with Gasteiger partial charge in [0.05, 0.1) is 6.54 Å². The fourth-order valence-electron chi connectivity index (χ4n) is 2.12. The van der Waals surface area contributed by atoms with Crippen LogP contribution in [0.2, 0.25) is 0 Å². The van der Waals surface area contributed by atoms with Crippen LogP contribution in [0, 0.1) is 0 Å². The molecule has 0 aliphatic rings. The van der Waals surface area contributed by atoms with Gasteiger partial charge in [0.15, 0.2) is 0 Å². The maximum absolute atomic E-state index is 12.4. The molecule has 0 fully saturated rings. The molecule has 0 aliphatic carbocycles. The van der Waals surface area contributed by atoms with E-state index in [0.717, 1.165) is 10.3 Å². The average molecular weight is 299 g/mol. The van der Waals surface area contributed by atoms with E-state index < -0.39 is 5.63 Å². The topological polar surface area (TPSA) is 50.5 Å². The number of para-hydroxylation sites is 1. The zero-order valence-corrected chi connectivity index (χ0v) is 12.2. The lowest BCUT2D eigenvalue weighted by Gasteiger charge is -2.15. The summed E-state index contributed by atoms with van der Waals surface area (Å²) in [4.78, 5) is 27.0. The van der Waals surface area contributed by atoms with Crippen molar-refractivity contribution in [3.8, 4) is 0 Å². The van der Waals surface area contributed by atoms with E-state index in [1.807, 2.05) is 29.6 Å². The van der Waals surface area contributed by atoms with E-state index in [1.165, 1.54) is 4.90 Å². The summed E-state index contributed by atoms with van der Waals surface area (Å²) in [5.41, 5.74) is -0.0514. The van der Waals surface area contributed by atoms with Crippen molar-refractivity contribution in [1.82, 2.24) is 4.90 Å². The molecule has 0 aliphatic heterocycles. The number of carbonyl (C=O) groups excluding carboxylic acids is 1. The molecule has 1 amide bonds. The average Bonchev–Trinajstić information content (AvgIpc) is 2.98. The first-order valence-electron chi connectivity index (χ1n) is 6.46. The Labute approximate surface area is 125 Å². The molecule has 0 N–H and O–H groups in total. The van der Waals surface area contributed by atoms with Crippen molar-refractivity contribution in [2.24, 2.45) is 0 Å². The van der Waals surface area contributed by atoms with Gasteiger partial charge < -0.3 is 9.32 Å². The van der Waals surface area contributed by atoms with Crippen molar-refractivity contribution >= 4 is 28.2 Å². The van der Waals surface area contributed by atoms with Gasteiger partial charge in [-0.25, -0.2) is 4.79 Å². The Bertz CT molecular complexity index is 836. The number of nitrogens with zero attached hydrogens (tertiary/aromatic N) is 1. The van der Waals surface area contributed by atoms with Gasteiger partial charge in [0.2, 0.25) is 0 Å². The third kappa shape index (κ3) is 2.73. The molecule has 2 aromatic heterocycles. The number of fused-ring (bicyclic) bond motifs is 1. The van der Waals surface area contributed by atoms with Crippen LogP contribution in [0.25, 0.3) is 11.0 Å². The molecule has 106 valence electrons. The summed E-state index contributed by atoms with van der Waals surface area (Å²) in [6, 6.07) is 12.6. The highest BCUT2D eigenvalue weighted by Crippen LogP contribution is 2.15. The van der Waals surface area contributed by atoms with Crippen molar-refractivity contribution in [3.63, 3.8) is 0 Å². The third-order valence-corrected chi connectivity index (χ3v) is 4.05. The first kappa shape index (κ1) is 13.6. The molecular weight excluding hydrogens is 286 g/mol. The molecule has 4 nitrogen and oxygen atoms in total. The van der Waals surface area contributed by atoms with Crippen molar-refractivity contribution in [2.75, 3.05) is 7.05 Å². The van der Waals surface area contributed by atoms with Crippen LogP contribution in [0.3, 0.4) is 0 Å². The van der Waals surface area contributed by atoms with Gasteiger partial charge in [-0.15, -0.1) is 11.3 Å². The minimum atomic E-state index is -0.600. The normalized spacial score (nSPS) is 10.7. The summed E-state index contributed by atoms with van der Waals surface area (Å²) in [6.07, 6.45) is 0. The Balaban J connectivity index is 1.93. The quantitative estimate of drug-likeness (QED) is 0.698. The number of thiophene rings is 1. The highest BCUT2D eigenvalue weighted by Gasteiger charge is 2.18. The maximum atomic E-state index is 12.4. The van der Waals surface area contributed by atoms with Gasteiger partial charge in [0.1, 0.15) is 11.1 Å². The lowest BCUT2D eigenvalue weighted by Crippen LogP contribution is -2.29. The van der Waals surface area contributed by atoms with Gasteiger partial charge in [-0.1, -0.05) is 24.3 Å². The van der Waals surface area contributed by atoms with Crippen LogP contribution in [0.4, 0.5) is 0 Å². The van der Waals surface area contributed by atoms with Crippen LogP contribution in [0.1, 0.15) is 15.2 Å². The lowest BCUT2D eigenvalue weighted by atomic mass is 10.1. The Morgan fingerprint density at radius 2 is 2.05 bits per heavy atom. The van der Waals surface area contributed by atoms with Crippen molar-refractivity contribution < 1.29 is 9.21 Å². The summed E-state index contributed by atoms with van der Waals surface area (Å²) in [7, 11) is 1.68. The molecule has 0 unspecified atom stereocenters. The monoisotopic (exact) mass is 299 g/mol. The summed E-state index contributed by atoms with van der Waals surface area (Å²) < 4.78 is 5.20. The van der Waals surface area contributed by atoms with Crippen LogP contribution in [0.15, 0.2) is 57.1 Å². The lowest BCUT2D eigenvalue weighted by molar-refractivity contribution is 0.0782. The fourth-order valence-corrected chi connectivity index (χ4v) is 2.88. The first-order valence-corrected chi connectivity index (χ1v) is 7.34. The van der Waals surface area contributed by atoms with E-state index in [4.69, 9.17) is 4.42 Å². The number of hydrogen-bond donors (Lipinski definition) is 0. The first-order chi connectivity index (χ1) is 10.1. The molecular formula is C16H13NO3S. The van der Waals surface area contributed by atoms with E-state index in [0.29, 0.717) is 12.1 Å². The zero-order valence-electron chi connectivity index (χ0n) is 11.4. The maximum Gasteiger partial charge on any atom is 0.349 e. The Morgan fingerprint density at radius 1 is 1.24 bits per heavy atom. The van der Waals surface area contributed by atoms with E-state index in [2.05, 4.69) is 0 Å². The van der Waals surface area contributed by atoms with Gasteiger partial charge in [-0.05, 0) is 23.6 Å². The summed E-state index contributed by atoms with van der Waals surface area (Å²) >= 11 is 1.58. The van der Waals surface area contributed by atoms with Gasteiger partial charge in [0.25, 0.3) is 5.91 Å². The minimum Gasteiger partial charge on any atom is -0.422 e. The molecule has 0 saturated heterocycles. The van der Waals surface area contributed by atoms with Crippen LogP contribution in [-0.4, -0.2) is 17.9 Å². The molecule has 0 radical (unpaired) electrons. The van der Waals surface area contributed by atoms with E-state index in [-0.39, 0.29) is 11.5 Å². The standard InChI is InChI=1S/C16H13NO3S/c1-17(10-12-6-4-8-21-12)15(18)13-9-11-5-2-3-7-14(11)20-16(13)19/h2-9H,10H2,1H3. The highest BCUT2D eigenvalue weighted by molar-refractivity contribution is 7.09. The fraction of sp³-hybridized carbons (Fsp3) is 0.125. The second-order valence-corrected chi connectivity index (χ2v) is 5.76. The molecule has 0 bridgehead atoms. The summed E-state index contributed by atoms with van der Waals surface area (Å²) in [5.74, 6) is -0.331. The van der Waals surface area contributed by atoms with Gasteiger partial charge in [-0.3, -0.25) is 4.79 Å². The molecule has 3 rings (SSSR count). The molecule has 0 spiro atoms. The van der Waals surface area contributed by atoms with Crippen LogP contribution >= 0.6 is 11.3 Å². The number of benzene rings is 1. The van der Waals surface area contributed by atoms with Crippen molar-refractivity contribution in [2.45, 2.75) is 6.54 Å². The number of hydrogen-bond acceptors (Lipinski definition) is 4. The predicted octanol–water partition coefficient (Wildman–Crippen LogP) is 3.13. The minimum absolute atomic E-state index is 0.0627. The van der Waals surface area contributed by atoms with Crippen LogP contribution < -0.4 is 5.63 Å². The van der Waals surface area contributed by atoms with E-state index in [1.54, 1.807) is 36.6 Å². The summed E-state index contributed by atoms with van der Waals surface area (Å²) in [5, 5.41) is 2.70. The van der Waals surface area contributed by atoms with Gasteiger partial charge >= 0.3 is 5.63 Å². The predicted molar refractivity (Wildman–Crippen MR) is 82.6 cm³/mol. The Kier molecular flexibility index (Phi) is 3.58. The van der Waals surface area contributed by atoms with E-state index >= 15 is 0 Å². The van der Waals surface area contributed by atoms with Crippen molar-refractivity contribution in [3.05, 3.63) is 68.7 Å². The highest BCUT2D eigenvalue weighted by atomic mass is 32.1. The third-order valence-electron chi connectivity index (χ3n) is 3.19. The smallest absolute Gasteiger partial charge is 0.349 e. The second kappa shape index (κ2) is 5.54. The molecule has 21 heavy (non-hydrogen) atoms. The molecule has 2 heterocycles. The Hall–Kier alpha value is -2.40. The molecule has 0 atom stereocenters. The number of carbonyl (C=O) groups is 1. The number of rotatable bonds is 3. The largest absolute Gasteiger partial charge is 0.422 e. The molecule has 3 aromatic rings. The van der Waals surface area contributed by atoms with Gasteiger partial charge in [-0.2, -0.15) is 0 Å².